The van der Waals surface area contributed by atoms with Crippen molar-refractivity contribution < 1.29 is 43.1 Å². The molecular weight excluding hydrogens is 615 g/mol. The number of hydrogen-bond donors (Lipinski definition) is 0. The topological polar surface area (TPSA) is 17.6 Å². The molecule has 2 aromatic heterocycles. The smallest absolute Gasteiger partial charge is 0.254 e. The van der Waals surface area contributed by atoms with Gasteiger partial charge in [-0.3, -0.25) is 0 Å². The number of aryl methyl sites for hydroxylation is 4. The molecule has 0 unspecified atom stereocenters. The molecule has 0 radical (unpaired) electrons. The van der Waals surface area contributed by atoms with Crippen molar-refractivity contribution in [1.29, 1.82) is 0 Å². The van der Waals surface area contributed by atoms with Crippen LogP contribution in [0.5, 0.6) is 0 Å². The van der Waals surface area contributed by atoms with E-state index in [0.717, 1.165) is 34.6 Å². The molecule has 2 heterocycles. The monoisotopic (exact) mass is 638 g/mol. The van der Waals surface area contributed by atoms with Crippen molar-refractivity contribution in [2.75, 3.05) is 11.5 Å². The highest BCUT2D eigenvalue weighted by molar-refractivity contribution is 8.76. The van der Waals surface area contributed by atoms with Gasteiger partial charge < -0.3 is 34.0 Å². The first-order valence-corrected chi connectivity index (χ1v) is 13.2. The van der Waals surface area contributed by atoms with E-state index in [9.17, 15) is 0 Å². The van der Waals surface area contributed by atoms with E-state index in [1.54, 1.807) is 0 Å². The standard InChI is InChI=1S/C22H26Cl2N4S2.2BrH/c1-15-25(3)21-13-17(23)5-7-19(21)27(15)9-11-29-30-12-10-28-16(2)26(4)22-14-18(24)6-8-20(22)28;;/h5-8,13-14H,9-12H2,1-4H3;2*1H/q+2;;/p-2. The fourth-order valence-corrected chi connectivity index (χ4v) is 6.22. The van der Waals surface area contributed by atoms with E-state index < -0.39 is 0 Å². The number of aromatic nitrogens is 4. The van der Waals surface area contributed by atoms with Crippen LogP contribution in [-0.4, -0.2) is 20.6 Å². The minimum atomic E-state index is 0. The number of rotatable bonds is 7. The van der Waals surface area contributed by atoms with Crippen LogP contribution in [0.1, 0.15) is 11.6 Å². The van der Waals surface area contributed by atoms with Crippen molar-refractivity contribution in [2.24, 2.45) is 14.1 Å². The van der Waals surface area contributed by atoms with Gasteiger partial charge in [0.2, 0.25) is 0 Å². The summed E-state index contributed by atoms with van der Waals surface area (Å²) in [4.78, 5) is 0. The summed E-state index contributed by atoms with van der Waals surface area (Å²) >= 11 is 12.4. The Kier molecular flexibility index (Phi) is 10.3. The summed E-state index contributed by atoms with van der Waals surface area (Å²) in [5.74, 6) is 4.62. The zero-order chi connectivity index (χ0) is 21.4. The van der Waals surface area contributed by atoms with Crippen LogP contribution >= 0.6 is 44.8 Å². The predicted octanol–water partition coefficient (Wildman–Crippen LogP) is -0.742. The molecule has 2 aromatic carbocycles. The Hall–Kier alpha value is -0.380. The lowest BCUT2D eigenvalue weighted by molar-refractivity contribution is -0.674. The Morgan fingerprint density at radius 3 is 1.47 bits per heavy atom. The third kappa shape index (κ3) is 5.47. The maximum atomic E-state index is 6.18. The number of fused-ring (bicyclic) bond motifs is 2. The van der Waals surface area contributed by atoms with Gasteiger partial charge in [0.05, 0.1) is 14.1 Å². The van der Waals surface area contributed by atoms with Gasteiger partial charge in [0, 0.05) is 47.5 Å². The van der Waals surface area contributed by atoms with Crippen molar-refractivity contribution in [3.63, 3.8) is 0 Å². The van der Waals surface area contributed by atoms with E-state index in [1.807, 2.05) is 45.9 Å². The Labute approximate surface area is 228 Å². The number of imidazole rings is 2. The lowest BCUT2D eigenvalue weighted by atomic mass is 10.3. The van der Waals surface area contributed by atoms with E-state index in [0.29, 0.717) is 0 Å². The molecule has 0 aliphatic heterocycles. The normalized spacial score (nSPS) is 11.1. The summed E-state index contributed by atoms with van der Waals surface area (Å²) in [6.07, 6.45) is 0. The van der Waals surface area contributed by atoms with E-state index in [1.165, 1.54) is 33.7 Å². The van der Waals surface area contributed by atoms with Gasteiger partial charge in [0.25, 0.3) is 11.6 Å². The highest BCUT2D eigenvalue weighted by Gasteiger charge is 2.20. The Morgan fingerprint density at radius 2 is 1.09 bits per heavy atom. The van der Waals surface area contributed by atoms with Gasteiger partial charge in [-0.15, -0.1) is 0 Å². The van der Waals surface area contributed by atoms with E-state index in [4.69, 9.17) is 23.2 Å². The average Bonchev–Trinajstić information content (AvgIpc) is 3.10. The Balaban J connectivity index is 0.00000181. The van der Waals surface area contributed by atoms with Crippen LogP contribution in [0.3, 0.4) is 0 Å². The second kappa shape index (κ2) is 11.8. The van der Waals surface area contributed by atoms with Crippen molar-refractivity contribution in [2.45, 2.75) is 26.9 Å². The quantitative estimate of drug-likeness (QED) is 0.151. The number of nitrogens with zero attached hydrogens (tertiary/aromatic N) is 4. The number of halogens is 4. The fourth-order valence-electron chi connectivity index (χ4n) is 3.99. The van der Waals surface area contributed by atoms with Crippen LogP contribution in [-0.2, 0) is 27.2 Å². The molecule has 0 saturated carbocycles. The first-order chi connectivity index (χ1) is 14.4. The predicted molar refractivity (Wildman–Crippen MR) is 131 cm³/mol. The van der Waals surface area contributed by atoms with Gasteiger partial charge in [0.15, 0.2) is 22.1 Å². The largest absolute Gasteiger partial charge is 1.00 e. The molecule has 0 spiro atoms. The molecule has 0 aliphatic rings. The van der Waals surface area contributed by atoms with Crippen LogP contribution in [0.2, 0.25) is 10.0 Å². The summed E-state index contributed by atoms with van der Waals surface area (Å²) < 4.78 is 9.19. The molecule has 0 amide bonds. The van der Waals surface area contributed by atoms with Gasteiger partial charge in [-0.2, -0.15) is 0 Å². The molecule has 4 rings (SSSR count). The van der Waals surface area contributed by atoms with Gasteiger partial charge in [0.1, 0.15) is 13.1 Å². The first kappa shape index (κ1) is 27.9. The van der Waals surface area contributed by atoms with Crippen molar-refractivity contribution in [1.82, 2.24) is 9.13 Å². The molecule has 4 nitrogen and oxygen atoms in total. The molecule has 32 heavy (non-hydrogen) atoms. The van der Waals surface area contributed by atoms with E-state index in [2.05, 4.69) is 58.3 Å². The van der Waals surface area contributed by atoms with Gasteiger partial charge >= 0.3 is 0 Å². The van der Waals surface area contributed by atoms with Crippen molar-refractivity contribution in [3.8, 4) is 0 Å². The van der Waals surface area contributed by atoms with Crippen LogP contribution < -0.4 is 43.1 Å². The zero-order valence-electron chi connectivity index (χ0n) is 18.4. The van der Waals surface area contributed by atoms with Crippen LogP contribution in [0.25, 0.3) is 22.1 Å². The minimum absolute atomic E-state index is 0. The fraction of sp³-hybridized carbons (Fsp3) is 0.364. The van der Waals surface area contributed by atoms with Gasteiger partial charge in [-0.1, -0.05) is 44.8 Å². The Bertz CT molecular complexity index is 1140. The van der Waals surface area contributed by atoms with Crippen molar-refractivity contribution in [3.05, 3.63) is 58.1 Å². The molecule has 0 fully saturated rings. The second-order valence-electron chi connectivity index (χ2n) is 7.43. The SMILES string of the molecule is Cc1n(C)c2cc(Cl)ccc2[n+]1CCSSCC[n+]1c(C)n(C)c2cc(Cl)ccc21.[Br-].[Br-]. The molecule has 10 heteroatoms. The lowest BCUT2D eigenvalue weighted by Gasteiger charge is -2.02. The molecule has 0 aliphatic carbocycles. The van der Waals surface area contributed by atoms with Gasteiger partial charge in [-0.25, -0.2) is 18.3 Å². The van der Waals surface area contributed by atoms with Crippen molar-refractivity contribution >= 4 is 66.9 Å². The third-order valence-corrected chi connectivity index (χ3v) is 8.65. The summed E-state index contributed by atoms with van der Waals surface area (Å²) in [6.45, 7) is 6.30. The van der Waals surface area contributed by atoms with Crippen LogP contribution in [0, 0.1) is 13.8 Å². The number of hydrogen-bond acceptors (Lipinski definition) is 2. The minimum Gasteiger partial charge on any atom is -1.00 e. The maximum absolute atomic E-state index is 6.18. The maximum Gasteiger partial charge on any atom is 0.254 e. The molecule has 0 bridgehead atoms. The molecule has 0 saturated heterocycles. The zero-order valence-corrected chi connectivity index (χ0v) is 24.7. The third-order valence-electron chi connectivity index (χ3n) is 5.81. The Morgan fingerprint density at radius 1 is 0.719 bits per heavy atom. The highest BCUT2D eigenvalue weighted by Crippen LogP contribution is 2.23. The van der Waals surface area contributed by atoms with E-state index >= 15 is 0 Å². The summed E-state index contributed by atoms with van der Waals surface area (Å²) in [6, 6.07) is 12.3. The van der Waals surface area contributed by atoms with E-state index in [-0.39, 0.29) is 34.0 Å². The van der Waals surface area contributed by atoms with Gasteiger partial charge in [-0.05, 0) is 24.3 Å². The van der Waals surface area contributed by atoms with Crippen LogP contribution in [0.15, 0.2) is 36.4 Å². The average molecular weight is 641 g/mol. The van der Waals surface area contributed by atoms with Crippen LogP contribution in [0.4, 0.5) is 0 Å². The summed E-state index contributed by atoms with van der Waals surface area (Å²) in [5.41, 5.74) is 4.84. The summed E-state index contributed by atoms with van der Waals surface area (Å²) in [5, 5.41) is 1.56. The molecule has 174 valence electrons. The molecule has 0 atom stereocenters. The lowest BCUT2D eigenvalue weighted by Crippen LogP contribution is -3.00. The first-order valence-electron chi connectivity index (χ1n) is 9.91. The summed E-state index contributed by atoms with van der Waals surface area (Å²) in [7, 11) is 8.07. The highest BCUT2D eigenvalue weighted by atomic mass is 79.9. The molecule has 4 aromatic rings. The number of benzene rings is 2. The molecule has 0 N–H and O–H groups in total. The second-order valence-corrected chi connectivity index (χ2v) is 11.0. The molecular formula is C22H26Br2Cl2N4S2.